The molecule has 0 bridgehead atoms. The molecule has 1 saturated carbocycles. The van der Waals surface area contributed by atoms with Gasteiger partial charge in [0.05, 0.1) is 17.6 Å². The van der Waals surface area contributed by atoms with E-state index in [2.05, 4.69) is 31.9 Å². The van der Waals surface area contributed by atoms with Gasteiger partial charge in [-0.25, -0.2) is 14.4 Å². The van der Waals surface area contributed by atoms with Crippen molar-refractivity contribution in [2.75, 3.05) is 31.3 Å². The van der Waals surface area contributed by atoms with Crippen molar-refractivity contribution in [3.05, 3.63) is 65.2 Å². The Hall–Kier alpha value is -2.68. The molecule has 0 spiro atoms. The number of nitrogens with one attached hydrogen (secondary N) is 1. The van der Waals surface area contributed by atoms with Crippen molar-refractivity contribution < 1.29 is 13.9 Å². The van der Waals surface area contributed by atoms with Gasteiger partial charge in [0.15, 0.2) is 5.78 Å². The maximum Gasteiger partial charge on any atom is 0.159 e. The van der Waals surface area contributed by atoms with E-state index in [0.717, 1.165) is 29.3 Å². The van der Waals surface area contributed by atoms with Crippen molar-refractivity contribution in [1.29, 1.82) is 0 Å². The molecule has 1 N–H and O–H groups in total. The summed E-state index contributed by atoms with van der Waals surface area (Å²) in [6.45, 7) is 1.89. The Kier molecular flexibility index (Phi) is 7.74. The van der Waals surface area contributed by atoms with Crippen molar-refractivity contribution in [3.8, 4) is 5.75 Å². The number of ketones is 1. The molecule has 36 heavy (non-hydrogen) atoms. The lowest BCUT2D eigenvalue weighted by Crippen LogP contribution is -2.44. The Balaban J connectivity index is 1.32. The summed E-state index contributed by atoms with van der Waals surface area (Å²) in [6, 6.07) is 8.70. The Morgan fingerprint density at radius 3 is 3.03 bits per heavy atom. The van der Waals surface area contributed by atoms with E-state index in [1.165, 1.54) is 43.5 Å². The van der Waals surface area contributed by atoms with Crippen LogP contribution in [0.2, 0.25) is 5.02 Å². The summed E-state index contributed by atoms with van der Waals surface area (Å²) in [5.74, 6) is 1.82. The summed E-state index contributed by atoms with van der Waals surface area (Å²) < 4.78 is 19.1. The highest BCUT2D eigenvalue weighted by molar-refractivity contribution is 8.00. The molecule has 2 aliphatic rings. The van der Waals surface area contributed by atoms with Gasteiger partial charge >= 0.3 is 0 Å². The van der Waals surface area contributed by atoms with Gasteiger partial charge in [-0.15, -0.1) is 0 Å². The van der Waals surface area contributed by atoms with Crippen molar-refractivity contribution >= 4 is 51.6 Å². The third-order valence-electron chi connectivity index (χ3n) is 6.83. The van der Waals surface area contributed by atoms with Gasteiger partial charge in [0.1, 0.15) is 23.7 Å². The number of allylic oxidation sites excluding steroid dienone is 1. The number of aromatic nitrogens is 2. The van der Waals surface area contributed by atoms with Gasteiger partial charge in [0.2, 0.25) is 0 Å². The lowest BCUT2D eigenvalue weighted by Gasteiger charge is -2.36. The number of nitrogens with zero attached hydrogens (tertiary/aromatic N) is 3. The summed E-state index contributed by atoms with van der Waals surface area (Å²) >= 11 is 8.03. The van der Waals surface area contributed by atoms with Crippen molar-refractivity contribution in [2.45, 2.75) is 37.0 Å². The zero-order valence-electron chi connectivity index (χ0n) is 20.0. The second kappa shape index (κ2) is 11.2. The quantitative estimate of drug-likeness (QED) is 0.371. The Morgan fingerprint density at radius 2 is 2.19 bits per heavy atom. The van der Waals surface area contributed by atoms with Gasteiger partial charge < -0.3 is 10.1 Å². The number of benzene rings is 2. The number of carbonyl (C=O) groups is 1. The van der Waals surface area contributed by atoms with Gasteiger partial charge in [-0.2, -0.15) is 11.8 Å². The van der Waals surface area contributed by atoms with Crippen LogP contribution in [0.1, 0.15) is 24.8 Å². The number of hydrogen-bond acceptors (Lipinski definition) is 7. The zero-order valence-corrected chi connectivity index (χ0v) is 21.6. The minimum absolute atomic E-state index is 0.0127. The number of hydrogen-bond donors (Lipinski definition) is 1. The van der Waals surface area contributed by atoms with Crippen LogP contribution in [0.5, 0.6) is 5.75 Å². The molecule has 2 atom stereocenters. The van der Waals surface area contributed by atoms with Crippen LogP contribution in [0.4, 0.5) is 15.9 Å². The van der Waals surface area contributed by atoms with Crippen molar-refractivity contribution in [2.24, 2.45) is 0 Å². The number of anilines is 2. The number of thioether (sulfide) groups is 1. The smallest absolute Gasteiger partial charge is 0.159 e. The SMILES string of the molecule is COc1cc2ncnc(Nc3ccc(F)c(Cl)c3)c2cc1CC(=O)/C=C/CN1CCSC2CCCC21. The molecule has 2 aromatic carbocycles. The van der Waals surface area contributed by atoms with Crippen LogP contribution in [0.3, 0.4) is 0 Å². The van der Waals surface area contributed by atoms with Crippen LogP contribution >= 0.6 is 23.4 Å². The van der Waals surface area contributed by atoms with Gasteiger partial charge in [-0.1, -0.05) is 24.1 Å². The molecule has 2 fully saturated rings. The molecule has 0 amide bonds. The second-order valence-corrected chi connectivity index (χ2v) is 10.9. The topological polar surface area (TPSA) is 67.4 Å². The number of rotatable bonds is 8. The molecule has 1 aromatic heterocycles. The van der Waals surface area contributed by atoms with Gasteiger partial charge in [-0.3, -0.25) is 9.69 Å². The number of methoxy groups -OCH3 is 1. The predicted molar refractivity (Wildman–Crippen MR) is 144 cm³/mol. The van der Waals surface area contributed by atoms with Crippen LogP contribution in [-0.4, -0.2) is 57.9 Å². The summed E-state index contributed by atoms with van der Waals surface area (Å²) in [5, 5.41) is 4.67. The molecule has 5 rings (SSSR count). The summed E-state index contributed by atoms with van der Waals surface area (Å²) in [6.07, 6.45) is 9.20. The summed E-state index contributed by atoms with van der Waals surface area (Å²) in [4.78, 5) is 24.1. The largest absolute Gasteiger partial charge is 0.496 e. The fraction of sp³-hybridized carbons (Fsp3) is 0.370. The normalized spacial score (nSPS) is 20.1. The van der Waals surface area contributed by atoms with Crippen LogP contribution in [0, 0.1) is 5.82 Å². The van der Waals surface area contributed by atoms with Crippen LogP contribution in [0.15, 0.2) is 48.8 Å². The molecule has 9 heteroatoms. The van der Waals surface area contributed by atoms with Gasteiger partial charge in [0.25, 0.3) is 0 Å². The highest BCUT2D eigenvalue weighted by Crippen LogP contribution is 2.37. The fourth-order valence-electron chi connectivity index (χ4n) is 5.07. The van der Waals surface area contributed by atoms with E-state index in [0.29, 0.717) is 28.8 Å². The van der Waals surface area contributed by atoms with Crippen molar-refractivity contribution in [1.82, 2.24) is 14.9 Å². The maximum atomic E-state index is 13.6. The zero-order chi connectivity index (χ0) is 25.1. The molecular formula is C27H28ClFN4O2S. The van der Waals surface area contributed by atoms with E-state index in [9.17, 15) is 9.18 Å². The standard InChI is InChI=1S/C27H28ClFN4O2S/c1-35-25-15-23-20(27(31-16-30-23)32-18-7-8-22(29)21(28)14-18)13-17(25)12-19(34)4-3-9-33-10-11-36-26-6-2-5-24(26)33/h3-4,7-8,13-16,24,26H,2,5-6,9-12H2,1H3,(H,30,31,32)/b4-3+. The lowest BCUT2D eigenvalue weighted by molar-refractivity contribution is -0.114. The second-order valence-electron chi connectivity index (χ2n) is 9.11. The number of halogens is 2. The number of ether oxygens (including phenoxy) is 1. The monoisotopic (exact) mass is 526 g/mol. The van der Waals surface area contributed by atoms with Crippen LogP contribution in [-0.2, 0) is 11.2 Å². The van der Waals surface area contributed by atoms with E-state index < -0.39 is 5.82 Å². The van der Waals surface area contributed by atoms with Crippen LogP contribution < -0.4 is 10.1 Å². The molecule has 6 nitrogen and oxygen atoms in total. The first-order valence-electron chi connectivity index (χ1n) is 12.1. The summed E-state index contributed by atoms with van der Waals surface area (Å²) in [7, 11) is 1.58. The third-order valence-corrected chi connectivity index (χ3v) is 8.51. The van der Waals surface area contributed by atoms with Gasteiger partial charge in [-0.05, 0) is 43.2 Å². The highest BCUT2D eigenvalue weighted by atomic mass is 35.5. The van der Waals surface area contributed by atoms with E-state index in [4.69, 9.17) is 16.3 Å². The van der Waals surface area contributed by atoms with E-state index in [-0.39, 0.29) is 17.2 Å². The van der Waals surface area contributed by atoms with E-state index >= 15 is 0 Å². The number of carbonyl (C=O) groups excluding carboxylic acids is 1. The fourth-order valence-corrected chi connectivity index (χ4v) is 6.75. The highest BCUT2D eigenvalue weighted by Gasteiger charge is 2.34. The Labute approximate surface area is 219 Å². The minimum Gasteiger partial charge on any atom is -0.496 e. The first-order valence-corrected chi connectivity index (χ1v) is 13.5. The molecule has 188 valence electrons. The Morgan fingerprint density at radius 1 is 1.31 bits per heavy atom. The molecule has 1 aliphatic heterocycles. The lowest BCUT2D eigenvalue weighted by atomic mass is 10.0. The van der Waals surface area contributed by atoms with Gasteiger partial charge in [0, 0.05) is 59.3 Å². The maximum absolute atomic E-state index is 13.6. The molecule has 2 unspecified atom stereocenters. The minimum atomic E-state index is -0.490. The van der Waals surface area contributed by atoms with E-state index in [1.807, 2.05) is 12.1 Å². The molecule has 0 radical (unpaired) electrons. The third kappa shape index (κ3) is 5.51. The molecule has 1 saturated heterocycles. The molecule has 3 aromatic rings. The van der Waals surface area contributed by atoms with Crippen LogP contribution in [0.25, 0.3) is 10.9 Å². The number of fused-ring (bicyclic) bond motifs is 2. The first kappa shape index (κ1) is 25.0. The predicted octanol–water partition coefficient (Wildman–Crippen LogP) is 5.81. The molecule has 1 aliphatic carbocycles. The summed E-state index contributed by atoms with van der Waals surface area (Å²) in [5.41, 5.74) is 2.01. The first-order chi connectivity index (χ1) is 17.5. The van der Waals surface area contributed by atoms with Crippen molar-refractivity contribution in [3.63, 3.8) is 0 Å². The van der Waals surface area contributed by atoms with E-state index in [1.54, 1.807) is 25.3 Å². The average Bonchev–Trinajstić information content (AvgIpc) is 3.36. The Bertz CT molecular complexity index is 1300. The average molecular weight is 527 g/mol. The molecular weight excluding hydrogens is 499 g/mol. The molecule has 2 heterocycles.